The zero-order valence-corrected chi connectivity index (χ0v) is 14.3. The molecule has 0 amide bonds. The van der Waals surface area contributed by atoms with Crippen LogP contribution in [-0.2, 0) is 0 Å². The molecule has 0 saturated heterocycles. The van der Waals surface area contributed by atoms with Crippen LogP contribution in [0.2, 0.25) is 0 Å². The van der Waals surface area contributed by atoms with Gasteiger partial charge in [-0.1, -0.05) is 43.8 Å². The van der Waals surface area contributed by atoms with Crippen LogP contribution >= 0.6 is 11.8 Å². The fourth-order valence-electron chi connectivity index (χ4n) is 2.77. The van der Waals surface area contributed by atoms with Crippen LogP contribution < -0.4 is 4.74 Å². The molecule has 1 aliphatic rings. The number of pyridine rings is 1. The highest BCUT2D eigenvalue weighted by atomic mass is 32.2. The highest BCUT2D eigenvalue weighted by molar-refractivity contribution is 7.99. The summed E-state index contributed by atoms with van der Waals surface area (Å²) in [5.41, 5.74) is 1.93. The van der Waals surface area contributed by atoms with E-state index in [9.17, 15) is 0 Å². The summed E-state index contributed by atoms with van der Waals surface area (Å²) in [6.07, 6.45) is 1.37. The van der Waals surface area contributed by atoms with Crippen molar-refractivity contribution in [2.24, 2.45) is 0 Å². The summed E-state index contributed by atoms with van der Waals surface area (Å²) in [5, 5.41) is 0. The number of para-hydroxylation sites is 2. The number of fused-ring (bicyclic) bond motifs is 2. The maximum atomic E-state index is 8.42. The van der Waals surface area contributed by atoms with Crippen LogP contribution in [0.15, 0.2) is 64.5 Å². The SMILES string of the molecule is [2H]C([2H])([2H])c1cnc(-c2cccc3c2Oc2ccccc2S3)cc1C([2H])(C)C. The van der Waals surface area contributed by atoms with Crippen molar-refractivity contribution in [3.8, 4) is 22.8 Å². The minimum atomic E-state index is -2.32. The first-order valence-electron chi connectivity index (χ1n) is 9.74. The molecular weight excluding hydrogens is 314 g/mol. The van der Waals surface area contributed by atoms with Crippen molar-refractivity contribution in [2.45, 2.75) is 36.4 Å². The van der Waals surface area contributed by atoms with E-state index in [1.54, 1.807) is 31.7 Å². The van der Waals surface area contributed by atoms with Crippen molar-refractivity contribution in [1.82, 2.24) is 4.98 Å². The molecule has 0 aliphatic carbocycles. The van der Waals surface area contributed by atoms with Gasteiger partial charge >= 0.3 is 0 Å². The van der Waals surface area contributed by atoms with Crippen LogP contribution in [0.3, 0.4) is 0 Å². The van der Waals surface area contributed by atoms with E-state index in [4.69, 9.17) is 10.2 Å². The molecule has 0 spiro atoms. The van der Waals surface area contributed by atoms with Crippen molar-refractivity contribution in [3.05, 3.63) is 65.9 Å². The molecule has 1 aromatic heterocycles. The van der Waals surface area contributed by atoms with Gasteiger partial charge in [-0.25, -0.2) is 0 Å². The summed E-state index contributed by atoms with van der Waals surface area (Å²) in [4.78, 5) is 6.44. The molecule has 120 valence electrons. The average Bonchev–Trinajstić information content (AvgIpc) is 2.64. The molecule has 0 saturated carbocycles. The Labute approximate surface area is 152 Å². The molecule has 4 rings (SSSR count). The third-order valence-corrected chi connectivity index (χ3v) is 5.08. The molecule has 24 heavy (non-hydrogen) atoms. The summed E-state index contributed by atoms with van der Waals surface area (Å²) < 4.78 is 37.9. The number of nitrogens with zero attached hydrogens (tertiary/aromatic N) is 1. The van der Waals surface area contributed by atoms with Crippen molar-refractivity contribution >= 4 is 11.8 Å². The van der Waals surface area contributed by atoms with Crippen LogP contribution in [0.1, 0.15) is 36.4 Å². The summed E-state index contributed by atoms with van der Waals surface area (Å²) in [6, 6.07) is 15.4. The Balaban J connectivity index is 1.86. The summed E-state index contributed by atoms with van der Waals surface area (Å²) in [6.45, 7) is 1.05. The Morgan fingerprint density at radius 3 is 2.79 bits per heavy atom. The highest BCUT2D eigenvalue weighted by Crippen LogP contribution is 2.50. The van der Waals surface area contributed by atoms with Gasteiger partial charge in [0.25, 0.3) is 0 Å². The lowest BCUT2D eigenvalue weighted by molar-refractivity contribution is 0.456. The third-order valence-electron chi connectivity index (χ3n) is 3.98. The molecule has 3 aromatic rings. The van der Waals surface area contributed by atoms with Crippen molar-refractivity contribution in [2.75, 3.05) is 0 Å². The third kappa shape index (κ3) is 2.59. The number of hydrogen-bond donors (Lipinski definition) is 0. The number of aromatic nitrogens is 1. The highest BCUT2D eigenvalue weighted by Gasteiger charge is 2.21. The molecule has 2 nitrogen and oxygen atoms in total. The van der Waals surface area contributed by atoms with E-state index in [-0.39, 0.29) is 5.56 Å². The normalized spacial score (nSPS) is 15.9. The van der Waals surface area contributed by atoms with Crippen molar-refractivity contribution in [3.63, 3.8) is 0 Å². The van der Waals surface area contributed by atoms with E-state index in [0.29, 0.717) is 17.0 Å². The summed E-state index contributed by atoms with van der Waals surface area (Å²) in [7, 11) is 0. The smallest absolute Gasteiger partial charge is 0.150 e. The minimum absolute atomic E-state index is 0.113. The van der Waals surface area contributed by atoms with Gasteiger partial charge in [0.2, 0.25) is 0 Å². The van der Waals surface area contributed by atoms with Crippen LogP contribution in [0.4, 0.5) is 0 Å². The molecule has 0 fully saturated rings. The van der Waals surface area contributed by atoms with Gasteiger partial charge in [-0.05, 0) is 54.2 Å². The van der Waals surface area contributed by atoms with Gasteiger partial charge in [0.1, 0.15) is 5.75 Å². The Hall–Kier alpha value is -2.26. The molecule has 0 N–H and O–H groups in total. The number of hydrogen-bond acceptors (Lipinski definition) is 3. The maximum Gasteiger partial charge on any atom is 0.150 e. The molecule has 0 radical (unpaired) electrons. The fraction of sp³-hybridized carbons (Fsp3) is 0.190. The molecule has 0 bridgehead atoms. The topological polar surface area (TPSA) is 22.1 Å². The van der Waals surface area contributed by atoms with Gasteiger partial charge in [-0.2, -0.15) is 0 Å². The summed E-state index contributed by atoms with van der Waals surface area (Å²) >= 11 is 1.63. The number of aryl methyl sites for hydroxylation is 1. The lowest BCUT2D eigenvalue weighted by Gasteiger charge is -2.22. The quantitative estimate of drug-likeness (QED) is 0.420. The van der Waals surface area contributed by atoms with E-state index in [2.05, 4.69) is 4.98 Å². The second-order valence-corrected chi connectivity index (χ2v) is 6.98. The Kier molecular flexibility index (Phi) is 2.82. The zero-order valence-electron chi connectivity index (χ0n) is 17.5. The lowest BCUT2D eigenvalue weighted by Crippen LogP contribution is -1.99. The first kappa shape index (κ1) is 11.3. The predicted octanol–water partition coefficient (Wildman–Crippen LogP) is 6.44. The molecule has 0 unspecified atom stereocenters. The number of benzene rings is 2. The van der Waals surface area contributed by atoms with Crippen molar-refractivity contribution < 1.29 is 10.2 Å². The van der Waals surface area contributed by atoms with E-state index < -0.39 is 12.7 Å². The van der Waals surface area contributed by atoms with E-state index in [1.807, 2.05) is 42.5 Å². The summed E-state index contributed by atoms with van der Waals surface area (Å²) in [5.74, 6) is 0.417. The second kappa shape index (κ2) is 5.99. The molecule has 0 atom stereocenters. The van der Waals surface area contributed by atoms with Crippen molar-refractivity contribution in [1.29, 1.82) is 0 Å². The van der Waals surface area contributed by atoms with Gasteiger partial charge < -0.3 is 4.74 Å². The number of ether oxygens (including phenoxy) is 1. The van der Waals surface area contributed by atoms with Crippen LogP contribution in [0, 0.1) is 6.85 Å². The molecule has 2 heterocycles. The Bertz CT molecular complexity index is 1060. The average molecular weight is 337 g/mol. The largest absolute Gasteiger partial charge is 0.454 e. The van der Waals surface area contributed by atoms with Gasteiger partial charge in [-0.3, -0.25) is 4.98 Å². The molecular formula is C21H19NOS. The van der Waals surface area contributed by atoms with Crippen LogP contribution in [0.5, 0.6) is 11.5 Å². The van der Waals surface area contributed by atoms with E-state index in [0.717, 1.165) is 21.1 Å². The second-order valence-electron chi connectivity index (χ2n) is 5.90. The Morgan fingerprint density at radius 1 is 1.12 bits per heavy atom. The monoisotopic (exact) mass is 337 g/mol. The van der Waals surface area contributed by atoms with Gasteiger partial charge in [0.15, 0.2) is 5.75 Å². The van der Waals surface area contributed by atoms with Crippen LogP contribution in [0.25, 0.3) is 11.3 Å². The van der Waals surface area contributed by atoms with E-state index in [1.165, 1.54) is 6.20 Å². The standard InChI is InChI=1S/C21H19NOS/c1-13(2)16-11-17(22-12-14(16)3)15-7-6-10-20-21(15)23-18-8-4-5-9-19(18)24-20/h4-13H,1-3H3/i3D3,13D. The molecule has 3 heteroatoms. The number of rotatable bonds is 2. The van der Waals surface area contributed by atoms with E-state index >= 15 is 0 Å². The van der Waals surface area contributed by atoms with Gasteiger partial charge in [-0.15, -0.1) is 0 Å². The van der Waals surface area contributed by atoms with Crippen LogP contribution in [-0.4, -0.2) is 4.98 Å². The first-order valence-corrected chi connectivity index (χ1v) is 8.55. The maximum absolute atomic E-state index is 8.42. The van der Waals surface area contributed by atoms with Gasteiger partial charge in [0, 0.05) is 17.2 Å². The lowest BCUT2D eigenvalue weighted by atomic mass is 9.97. The minimum Gasteiger partial charge on any atom is -0.454 e. The predicted molar refractivity (Wildman–Crippen MR) is 99.1 cm³/mol. The zero-order chi connectivity index (χ0) is 20.1. The fourth-order valence-corrected chi connectivity index (χ4v) is 3.75. The molecule has 2 aromatic carbocycles. The molecule has 1 aliphatic heterocycles. The Morgan fingerprint density at radius 2 is 1.96 bits per heavy atom. The first-order chi connectivity index (χ1) is 13.1. The van der Waals surface area contributed by atoms with Gasteiger partial charge in [0.05, 0.1) is 15.5 Å².